The summed E-state index contributed by atoms with van der Waals surface area (Å²) < 4.78 is 5.61. The summed E-state index contributed by atoms with van der Waals surface area (Å²) in [5.74, 6) is 2.33. The van der Waals surface area contributed by atoms with E-state index in [1.54, 1.807) is 18.1 Å². The molecule has 1 aliphatic heterocycles. The maximum absolute atomic E-state index is 14.0. The van der Waals surface area contributed by atoms with Crippen LogP contribution >= 0.6 is 0 Å². The molecule has 1 unspecified atom stereocenters. The van der Waals surface area contributed by atoms with Gasteiger partial charge in [-0.05, 0) is 130 Å². The number of aromatic nitrogens is 1. The van der Waals surface area contributed by atoms with Crippen molar-refractivity contribution in [3.05, 3.63) is 88.6 Å². The Morgan fingerprint density at radius 1 is 0.962 bits per heavy atom. The first-order valence-corrected chi connectivity index (χ1v) is 18.9. The predicted molar refractivity (Wildman–Crippen MR) is 198 cm³/mol. The number of anilines is 2. The largest absolute Gasteiger partial charge is 0.444 e. The van der Waals surface area contributed by atoms with Crippen molar-refractivity contribution in [2.24, 2.45) is 23.2 Å². The van der Waals surface area contributed by atoms with Crippen molar-refractivity contribution in [2.75, 3.05) is 24.2 Å². The molecule has 4 fully saturated rings. The van der Waals surface area contributed by atoms with Crippen LogP contribution in [0.5, 0.6) is 0 Å². The second kappa shape index (κ2) is 13.0. The Hall–Kier alpha value is -4.28. The van der Waals surface area contributed by atoms with Crippen molar-refractivity contribution in [1.82, 2.24) is 14.8 Å². The lowest BCUT2D eigenvalue weighted by Crippen LogP contribution is -2.57. The SMILES string of the molecule is CN(Cc1ccccc1CN(CC(=O)Nc1ccc2c(c1)C[C@@]1(C2)C(=O)Nc2ncccc21)C(O)C12CC3CC(CC(C3)C1)C2)C(=O)OC(C)(C)C. The molecule has 2 heterocycles. The molecule has 3 N–H and O–H groups in total. The highest BCUT2D eigenvalue weighted by molar-refractivity contribution is 6.06. The number of ether oxygens (including phenoxy) is 1. The average molecular weight is 706 g/mol. The highest BCUT2D eigenvalue weighted by Gasteiger charge is 2.55. The molecule has 2 aromatic carbocycles. The highest BCUT2D eigenvalue weighted by Crippen LogP contribution is 2.61. The van der Waals surface area contributed by atoms with Crippen molar-refractivity contribution in [3.8, 4) is 0 Å². The molecule has 4 bridgehead atoms. The third-order valence-electron chi connectivity index (χ3n) is 12.4. The number of nitrogens with one attached hydrogen (secondary N) is 2. The number of pyridine rings is 1. The summed E-state index contributed by atoms with van der Waals surface area (Å²) in [6, 6.07) is 17.7. The molecule has 4 saturated carbocycles. The Bertz CT molecular complexity index is 1870. The van der Waals surface area contributed by atoms with Crippen molar-refractivity contribution in [3.63, 3.8) is 0 Å². The van der Waals surface area contributed by atoms with E-state index in [-0.39, 0.29) is 23.8 Å². The first-order valence-electron chi connectivity index (χ1n) is 18.9. The van der Waals surface area contributed by atoms with E-state index in [0.29, 0.717) is 55.2 Å². The van der Waals surface area contributed by atoms with Crippen molar-refractivity contribution < 1.29 is 24.2 Å². The van der Waals surface area contributed by atoms with Gasteiger partial charge in [-0.2, -0.15) is 0 Å². The zero-order chi connectivity index (χ0) is 36.4. The fourth-order valence-electron chi connectivity index (χ4n) is 10.6. The predicted octanol–water partition coefficient (Wildman–Crippen LogP) is 6.41. The summed E-state index contributed by atoms with van der Waals surface area (Å²) in [5.41, 5.74) is 4.12. The van der Waals surface area contributed by atoms with Gasteiger partial charge in [0, 0.05) is 43.0 Å². The summed E-state index contributed by atoms with van der Waals surface area (Å²) in [4.78, 5) is 48.0. The number of carbonyl (C=O) groups excluding carboxylic acids is 3. The Kier molecular flexibility index (Phi) is 8.69. The van der Waals surface area contributed by atoms with E-state index < -0.39 is 23.3 Å². The second-order valence-corrected chi connectivity index (χ2v) is 17.5. The molecule has 274 valence electrons. The lowest BCUT2D eigenvalue weighted by atomic mass is 9.49. The number of amides is 3. The monoisotopic (exact) mass is 705 g/mol. The molecule has 3 aromatic rings. The molecule has 0 saturated heterocycles. The number of aliphatic hydroxyl groups excluding tert-OH is 1. The van der Waals surface area contributed by atoms with E-state index >= 15 is 0 Å². The molecule has 10 heteroatoms. The summed E-state index contributed by atoms with van der Waals surface area (Å²) in [7, 11) is 1.73. The number of benzene rings is 2. The van der Waals surface area contributed by atoms with Crippen LogP contribution in [-0.4, -0.2) is 63.2 Å². The van der Waals surface area contributed by atoms with Gasteiger partial charge in [0.25, 0.3) is 0 Å². The minimum Gasteiger partial charge on any atom is -0.444 e. The molecule has 6 aliphatic rings. The number of hydrogen-bond donors (Lipinski definition) is 3. The van der Waals surface area contributed by atoms with Crippen LogP contribution in [0.2, 0.25) is 0 Å². The topological polar surface area (TPSA) is 124 Å². The van der Waals surface area contributed by atoms with E-state index in [4.69, 9.17) is 4.74 Å². The minimum atomic E-state index is -0.780. The average Bonchev–Trinajstić information content (AvgIpc) is 3.59. The van der Waals surface area contributed by atoms with Gasteiger partial charge < -0.3 is 25.4 Å². The van der Waals surface area contributed by atoms with Gasteiger partial charge in [0.2, 0.25) is 11.8 Å². The van der Waals surface area contributed by atoms with Crippen LogP contribution in [0, 0.1) is 23.2 Å². The summed E-state index contributed by atoms with van der Waals surface area (Å²) in [6.07, 6.45) is 8.43. The lowest BCUT2D eigenvalue weighted by Gasteiger charge is -2.59. The molecular weight excluding hydrogens is 654 g/mol. The normalized spacial score (nSPS) is 27.3. The molecule has 0 radical (unpaired) electrons. The van der Waals surface area contributed by atoms with Gasteiger partial charge in [-0.3, -0.25) is 14.5 Å². The van der Waals surface area contributed by atoms with Gasteiger partial charge in [0.15, 0.2) is 0 Å². The van der Waals surface area contributed by atoms with Crippen LogP contribution in [0.3, 0.4) is 0 Å². The summed E-state index contributed by atoms with van der Waals surface area (Å²) in [5, 5.41) is 18.5. The van der Waals surface area contributed by atoms with Crippen molar-refractivity contribution in [2.45, 2.75) is 102 Å². The number of hydrogen-bond acceptors (Lipinski definition) is 7. The van der Waals surface area contributed by atoms with E-state index in [0.717, 1.165) is 47.1 Å². The Labute approximate surface area is 306 Å². The minimum absolute atomic E-state index is 0.0155. The highest BCUT2D eigenvalue weighted by atomic mass is 16.6. The molecular formula is C42H51N5O5. The molecule has 52 heavy (non-hydrogen) atoms. The Morgan fingerprint density at radius 3 is 2.29 bits per heavy atom. The van der Waals surface area contributed by atoms with Crippen molar-refractivity contribution in [1.29, 1.82) is 0 Å². The second-order valence-electron chi connectivity index (χ2n) is 17.5. The fraction of sp³-hybridized carbons (Fsp3) is 0.524. The molecule has 2 atom stereocenters. The van der Waals surface area contributed by atoms with E-state index in [9.17, 15) is 19.5 Å². The van der Waals surface area contributed by atoms with Crippen LogP contribution in [0.25, 0.3) is 0 Å². The van der Waals surface area contributed by atoms with Crippen LogP contribution < -0.4 is 10.6 Å². The zero-order valence-corrected chi connectivity index (χ0v) is 30.8. The molecule has 3 amide bonds. The molecule has 9 rings (SSSR count). The zero-order valence-electron chi connectivity index (χ0n) is 30.8. The maximum atomic E-state index is 14.0. The first-order chi connectivity index (χ1) is 24.8. The summed E-state index contributed by atoms with van der Waals surface area (Å²) >= 11 is 0. The van der Waals surface area contributed by atoms with E-state index in [1.165, 1.54) is 19.3 Å². The van der Waals surface area contributed by atoms with Gasteiger partial charge in [0.05, 0.1) is 12.0 Å². The number of fused-ring (bicyclic) bond motifs is 3. The van der Waals surface area contributed by atoms with Gasteiger partial charge in [0.1, 0.15) is 17.6 Å². The van der Waals surface area contributed by atoms with E-state index in [1.807, 2.05) is 80.3 Å². The van der Waals surface area contributed by atoms with Crippen molar-refractivity contribution >= 4 is 29.4 Å². The quantitative estimate of drug-likeness (QED) is 0.220. The number of rotatable bonds is 9. The van der Waals surface area contributed by atoms with Gasteiger partial charge in [-0.25, -0.2) is 9.78 Å². The molecule has 5 aliphatic carbocycles. The van der Waals surface area contributed by atoms with Gasteiger partial charge in [-0.15, -0.1) is 0 Å². The van der Waals surface area contributed by atoms with Crippen LogP contribution in [0.4, 0.5) is 16.3 Å². The first kappa shape index (κ1) is 34.8. The van der Waals surface area contributed by atoms with Gasteiger partial charge in [-0.1, -0.05) is 36.4 Å². The third-order valence-corrected chi connectivity index (χ3v) is 12.4. The van der Waals surface area contributed by atoms with E-state index in [2.05, 4.69) is 15.6 Å². The maximum Gasteiger partial charge on any atom is 0.410 e. The lowest BCUT2D eigenvalue weighted by molar-refractivity contribution is -0.178. The van der Waals surface area contributed by atoms with Crippen LogP contribution in [0.1, 0.15) is 87.1 Å². The van der Waals surface area contributed by atoms with Crippen LogP contribution in [-0.2, 0) is 45.7 Å². The molecule has 1 aromatic heterocycles. The summed E-state index contributed by atoms with van der Waals surface area (Å²) in [6.45, 7) is 6.28. The Balaban J connectivity index is 1.02. The number of carbonyl (C=O) groups is 3. The van der Waals surface area contributed by atoms with Crippen LogP contribution in [0.15, 0.2) is 60.8 Å². The molecule has 10 nitrogen and oxygen atoms in total. The third kappa shape index (κ3) is 6.49. The number of aliphatic hydroxyl groups is 1. The van der Waals surface area contributed by atoms with Gasteiger partial charge >= 0.3 is 6.09 Å². The Morgan fingerprint density at radius 2 is 1.62 bits per heavy atom. The fourth-order valence-corrected chi connectivity index (χ4v) is 10.6. The molecule has 1 spiro atoms. The standard InChI is InChI=1S/C42H51N5O5/c1-40(2,3)52-39(51)46(4)23-30-8-5-6-9-31(30)24-47(38(50)41-18-26-14-27(19-41)16-28(15-26)20-41)25-35(48)44-33-12-11-29-21-42(22-32(29)17-33)34-10-7-13-43-36(34)45-37(42)49/h5-13,17,26-28,38,50H,14-16,18-25H2,1-4H3,(H,44,48)(H,43,45,49)/t26?,27?,28?,38?,41?,42-/m1/s1. The number of nitrogens with zero attached hydrogens (tertiary/aromatic N) is 3. The smallest absolute Gasteiger partial charge is 0.410 e.